The minimum absolute atomic E-state index is 0.0000926. The average Bonchev–Trinajstić information content (AvgIpc) is 2.12. The van der Waals surface area contributed by atoms with E-state index in [0.717, 1.165) is 16.6 Å². The summed E-state index contributed by atoms with van der Waals surface area (Å²) in [5.74, 6) is 0. The van der Waals surface area contributed by atoms with E-state index in [1.165, 1.54) is 6.07 Å². The maximum absolute atomic E-state index is 11.3. The standard InChI is InChI=1S/C10H10N2O/c1-7-5-9-8(11-6-7)3-4-10(13)12(9)2/h3-6H,1-2H3. The molecular weight excluding hydrogens is 164 g/mol. The SMILES string of the molecule is Cc1cnc2ccc(=O)n(C)c2c1. The van der Waals surface area contributed by atoms with Crippen molar-refractivity contribution in [2.75, 3.05) is 0 Å². The van der Waals surface area contributed by atoms with Gasteiger partial charge in [0, 0.05) is 19.3 Å². The monoisotopic (exact) mass is 174 g/mol. The van der Waals surface area contributed by atoms with Crippen molar-refractivity contribution in [1.29, 1.82) is 0 Å². The zero-order valence-electron chi connectivity index (χ0n) is 7.61. The molecule has 2 aromatic rings. The average molecular weight is 174 g/mol. The van der Waals surface area contributed by atoms with Gasteiger partial charge in [-0.25, -0.2) is 0 Å². The Kier molecular flexibility index (Phi) is 1.65. The van der Waals surface area contributed by atoms with Crippen molar-refractivity contribution in [2.24, 2.45) is 7.05 Å². The van der Waals surface area contributed by atoms with Gasteiger partial charge in [-0.05, 0) is 24.6 Å². The molecule has 0 unspecified atom stereocenters. The second kappa shape index (κ2) is 2.69. The van der Waals surface area contributed by atoms with Crippen LogP contribution in [0.15, 0.2) is 29.2 Å². The van der Waals surface area contributed by atoms with Crippen molar-refractivity contribution in [3.8, 4) is 0 Å². The highest BCUT2D eigenvalue weighted by atomic mass is 16.1. The maximum atomic E-state index is 11.3. The Morgan fingerprint density at radius 3 is 2.92 bits per heavy atom. The molecule has 0 N–H and O–H groups in total. The van der Waals surface area contributed by atoms with Gasteiger partial charge >= 0.3 is 0 Å². The Morgan fingerprint density at radius 1 is 1.38 bits per heavy atom. The molecule has 0 saturated carbocycles. The quantitative estimate of drug-likeness (QED) is 0.602. The van der Waals surface area contributed by atoms with Gasteiger partial charge in [-0.15, -0.1) is 0 Å². The zero-order chi connectivity index (χ0) is 9.42. The number of hydrogen-bond donors (Lipinski definition) is 0. The Bertz CT molecular complexity index is 514. The molecule has 0 aliphatic carbocycles. The fourth-order valence-electron chi connectivity index (χ4n) is 1.34. The number of aryl methyl sites for hydroxylation is 2. The van der Waals surface area contributed by atoms with E-state index in [-0.39, 0.29) is 5.56 Å². The molecule has 66 valence electrons. The van der Waals surface area contributed by atoms with Gasteiger partial charge in [0.15, 0.2) is 0 Å². The normalized spacial score (nSPS) is 10.6. The van der Waals surface area contributed by atoms with Crippen molar-refractivity contribution < 1.29 is 0 Å². The molecule has 0 fully saturated rings. The summed E-state index contributed by atoms with van der Waals surface area (Å²) in [6, 6.07) is 5.24. The van der Waals surface area contributed by atoms with Crippen LogP contribution in [0.5, 0.6) is 0 Å². The predicted molar refractivity (Wildman–Crippen MR) is 51.7 cm³/mol. The predicted octanol–water partition coefficient (Wildman–Crippen LogP) is 1.24. The van der Waals surface area contributed by atoms with Crippen LogP contribution < -0.4 is 5.56 Å². The molecule has 0 aliphatic heterocycles. The van der Waals surface area contributed by atoms with E-state index in [9.17, 15) is 4.79 Å². The number of hydrogen-bond acceptors (Lipinski definition) is 2. The summed E-state index contributed by atoms with van der Waals surface area (Å²) in [6.45, 7) is 1.96. The van der Waals surface area contributed by atoms with Crippen LogP contribution >= 0.6 is 0 Å². The lowest BCUT2D eigenvalue weighted by atomic mass is 10.2. The summed E-state index contributed by atoms with van der Waals surface area (Å²) in [4.78, 5) is 15.5. The van der Waals surface area contributed by atoms with E-state index in [0.29, 0.717) is 0 Å². The van der Waals surface area contributed by atoms with E-state index >= 15 is 0 Å². The Hall–Kier alpha value is -1.64. The van der Waals surface area contributed by atoms with Crippen LogP contribution in [-0.4, -0.2) is 9.55 Å². The molecule has 2 rings (SSSR count). The van der Waals surface area contributed by atoms with Gasteiger partial charge in [-0.1, -0.05) is 0 Å². The van der Waals surface area contributed by atoms with E-state index in [1.54, 1.807) is 23.9 Å². The van der Waals surface area contributed by atoms with Gasteiger partial charge in [0.1, 0.15) is 0 Å². The zero-order valence-corrected chi connectivity index (χ0v) is 7.61. The molecule has 2 heterocycles. The van der Waals surface area contributed by atoms with Gasteiger partial charge in [0.2, 0.25) is 0 Å². The summed E-state index contributed by atoms with van der Waals surface area (Å²) in [7, 11) is 1.76. The third kappa shape index (κ3) is 1.22. The van der Waals surface area contributed by atoms with Gasteiger partial charge in [0.25, 0.3) is 5.56 Å². The first kappa shape index (κ1) is 7.98. The lowest BCUT2D eigenvalue weighted by molar-refractivity contribution is 0.902. The molecular formula is C10H10N2O. The first-order chi connectivity index (χ1) is 6.18. The van der Waals surface area contributed by atoms with Crippen molar-refractivity contribution >= 4 is 11.0 Å². The molecule has 13 heavy (non-hydrogen) atoms. The third-order valence-corrected chi connectivity index (χ3v) is 2.11. The van der Waals surface area contributed by atoms with Crippen LogP contribution in [0.25, 0.3) is 11.0 Å². The molecule has 0 saturated heterocycles. The molecule has 0 atom stereocenters. The molecule has 2 aromatic heterocycles. The lowest BCUT2D eigenvalue weighted by Crippen LogP contribution is -2.15. The Morgan fingerprint density at radius 2 is 2.15 bits per heavy atom. The molecule has 3 heteroatoms. The molecule has 0 aliphatic rings. The van der Waals surface area contributed by atoms with Crippen LogP contribution in [0.1, 0.15) is 5.56 Å². The Balaban J connectivity index is 2.97. The van der Waals surface area contributed by atoms with E-state index in [1.807, 2.05) is 13.0 Å². The van der Waals surface area contributed by atoms with Crippen LogP contribution in [0.4, 0.5) is 0 Å². The number of pyridine rings is 2. The topological polar surface area (TPSA) is 34.9 Å². The van der Waals surface area contributed by atoms with E-state index < -0.39 is 0 Å². The van der Waals surface area contributed by atoms with Crippen molar-refractivity contribution in [2.45, 2.75) is 6.92 Å². The summed E-state index contributed by atoms with van der Waals surface area (Å²) < 4.78 is 1.61. The maximum Gasteiger partial charge on any atom is 0.250 e. The summed E-state index contributed by atoms with van der Waals surface area (Å²) in [6.07, 6.45) is 1.80. The second-order valence-corrected chi connectivity index (χ2v) is 3.15. The van der Waals surface area contributed by atoms with E-state index in [2.05, 4.69) is 4.98 Å². The number of fused-ring (bicyclic) bond motifs is 1. The van der Waals surface area contributed by atoms with Gasteiger partial charge in [0.05, 0.1) is 11.0 Å². The number of nitrogens with zero attached hydrogens (tertiary/aromatic N) is 2. The van der Waals surface area contributed by atoms with Crippen LogP contribution in [-0.2, 0) is 7.05 Å². The van der Waals surface area contributed by atoms with Crippen LogP contribution in [0, 0.1) is 6.92 Å². The summed E-state index contributed by atoms with van der Waals surface area (Å²) in [5.41, 5.74) is 2.80. The molecule has 0 aromatic carbocycles. The largest absolute Gasteiger partial charge is 0.310 e. The number of aromatic nitrogens is 2. The third-order valence-electron chi connectivity index (χ3n) is 2.11. The van der Waals surface area contributed by atoms with E-state index in [4.69, 9.17) is 0 Å². The first-order valence-corrected chi connectivity index (χ1v) is 4.11. The minimum atomic E-state index is -0.0000926. The van der Waals surface area contributed by atoms with Crippen LogP contribution in [0.2, 0.25) is 0 Å². The Labute approximate surface area is 75.7 Å². The first-order valence-electron chi connectivity index (χ1n) is 4.11. The smallest absolute Gasteiger partial charge is 0.250 e. The lowest BCUT2D eigenvalue weighted by Gasteiger charge is -2.03. The fraction of sp³-hybridized carbons (Fsp3) is 0.200. The highest BCUT2D eigenvalue weighted by Gasteiger charge is 1.99. The molecule has 3 nitrogen and oxygen atoms in total. The molecule has 0 bridgehead atoms. The fourth-order valence-corrected chi connectivity index (χ4v) is 1.34. The molecule has 0 spiro atoms. The molecule has 0 amide bonds. The summed E-state index contributed by atoms with van der Waals surface area (Å²) in [5, 5.41) is 0. The highest BCUT2D eigenvalue weighted by Crippen LogP contribution is 2.08. The second-order valence-electron chi connectivity index (χ2n) is 3.15. The van der Waals surface area contributed by atoms with Gasteiger partial charge in [-0.3, -0.25) is 9.78 Å². The van der Waals surface area contributed by atoms with Gasteiger partial charge < -0.3 is 4.57 Å². The molecule has 0 radical (unpaired) electrons. The number of rotatable bonds is 0. The van der Waals surface area contributed by atoms with Crippen molar-refractivity contribution in [1.82, 2.24) is 9.55 Å². The van der Waals surface area contributed by atoms with Crippen molar-refractivity contribution in [3.63, 3.8) is 0 Å². The van der Waals surface area contributed by atoms with Crippen LogP contribution in [0.3, 0.4) is 0 Å². The van der Waals surface area contributed by atoms with Crippen molar-refractivity contribution in [3.05, 3.63) is 40.3 Å². The van der Waals surface area contributed by atoms with Gasteiger partial charge in [-0.2, -0.15) is 0 Å². The highest BCUT2D eigenvalue weighted by molar-refractivity contribution is 5.74. The minimum Gasteiger partial charge on any atom is -0.310 e. The summed E-state index contributed by atoms with van der Waals surface area (Å²) >= 11 is 0.